The number of likely N-dealkylation sites (tertiary alicyclic amines) is 1. The molecule has 0 aromatic heterocycles. The van der Waals surface area contributed by atoms with Crippen LogP contribution in [-0.2, 0) is 6.42 Å². The zero-order valence-electron chi connectivity index (χ0n) is 14.7. The molecule has 1 aliphatic heterocycles. The summed E-state index contributed by atoms with van der Waals surface area (Å²) < 4.78 is 10.7. The van der Waals surface area contributed by atoms with E-state index in [2.05, 4.69) is 47.4 Å². The second-order valence-corrected chi connectivity index (χ2v) is 6.47. The first-order chi connectivity index (χ1) is 11.8. The topological polar surface area (TPSA) is 21.7 Å². The van der Waals surface area contributed by atoms with Crippen molar-refractivity contribution < 1.29 is 9.47 Å². The van der Waals surface area contributed by atoms with Crippen LogP contribution in [0.1, 0.15) is 29.9 Å². The van der Waals surface area contributed by atoms with Gasteiger partial charge in [-0.25, -0.2) is 0 Å². The van der Waals surface area contributed by atoms with Crippen molar-refractivity contribution in [2.75, 3.05) is 33.9 Å². The Hall–Kier alpha value is -2.00. The summed E-state index contributed by atoms with van der Waals surface area (Å²) in [5, 5.41) is 0. The quantitative estimate of drug-likeness (QED) is 0.797. The molecule has 1 fully saturated rings. The molecule has 2 aromatic carbocycles. The van der Waals surface area contributed by atoms with E-state index in [0.717, 1.165) is 30.4 Å². The van der Waals surface area contributed by atoms with Crippen molar-refractivity contribution >= 4 is 0 Å². The predicted octanol–water partition coefficient (Wildman–Crippen LogP) is 4.13. The zero-order chi connectivity index (χ0) is 16.8. The highest BCUT2D eigenvalue weighted by atomic mass is 16.5. The molecule has 0 unspecified atom stereocenters. The molecule has 2 aromatic rings. The Bertz CT molecular complexity index is 634. The summed E-state index contributed by atoms with van der Waals surface area (Å²) in [6.07, 6.45) is 3.57. The average molecular weight is 325 g/mol. The largest absolute Gasteiger partial charge is 0.493 e. The number of methoxy groups -OCH3 is 2. The van der Waals surface area contributed by atoms with E-state index in [4.69, 9.17) is 9.47 Å². The minimum atomic E-state index is 0.725. The molecule has 1 heterocycles. The lowest BCUT2D eigenvalue weighted by Gasteiger charge is -2.32. The third-order valence-electron chi connectivity index (χ3n) is 5.02. The summed E-state index contributed by atoms with van der Waals surface area (Å²) in [6.45, 7) is 3.48. The summed E-state index contributed by atoms with van der Waals surface area (Å²) in [5.74, 6) is 2.34. The average Bonchev–Trinajstić information content (AvgIpc) is 2.67. The lowest BCUT2D eigenvalue weighted by molar-refractivity contribution is 0.214. The van der Waals surface area contributed by atoms with Crippen LogP contribution in [0.2, 0.25) is 0 Å². The molecule has 0 bridgehead atoms. The highest BCUT2D eigenvalue weighted by Gasteiger charge is 2.20. The smallest absolute Gasteiger partial charge is 0.160 e. The van der Waals surface area contributed by atoms with Crippen LogP contribution in [0.15, 0.2) is 48.5 Å². The molecule has 1 aliphatic rings. The van der Waals surface area contributed by atoms with E-state index >= 15 is 0 Å². The van der Waals surface area contributed by atoms with Crippen LogP contribution in [0.25, 0.3) is 0 Å². The molecule has 0 radical (unpaired) electrons. The van der Waals surface area contributed by atoms with Gasteiger partial charge in [-0.05, 0) is 61.5 Å². The Kier molecular flexibility index (Phi) is 5.76. The zero-order valence-corrected chi connectivity index (χ0v) is 14.7. The summed E-state index contributed by atoms with van der Waals surface area (Å²) in [6, 6.07) is 17.2. The molecule has 3 nitrogen and oxygen atoms in total. The lowest BCUT2D eigenvalue weighted by Crippen LogP contribution is -2.34. The number of piperidine rings is 1. The number of ether oxygens (including phenoxy) is 2. The van der Waals surface area contributed by atoms with Crippen molar-refractivity contribution in [3.05, 3.63) is 59.7 Å². The minimum absolute atomic E-state index is 0.725. The first kappa shape index (κ1) is 16.8. The number of nitrogens with zero attached hydrogens (tertiary/aromatic N) is 1. The third kappa shape index (κ3) is 4.09. The Labute approximate surface area is 145 Å². The second kappa shape index (κ2) is 8.20. The molecule has 3 heteroatoms. The van der Waals surface area contributed by atoms with Gasteiger partial charge in [-0.1, -0.05) is 36.4 Å². The van der Waals surface area contributed by atoms with Crippen LogP contribution in [0, 0.1) is 0 Å². The van der Waals surface area contributed by atoms with Gasteiger partial charge in [-0.2, -0.15) is 0 Å². The van der Waals surface area contributed by atoms with E-state index in [9.17, 15) is 0 Å². The van der Waals surface area contributed by atoms with Crippen molar-refractivity contribution in [1.82, 2.24) is 4.90 Å². The van der Waals surface area contributed by atoms with Gasteiger partial charge < -0.3 is 14.4 Å². The van der Waals surface area contributed by atoms with Crippen LogP contribution in [0.5, 0.6) is 11.5 Å². The maximum atomic E-state index is 5.39. The highest BCUT2D eigenvalue weighted by Crippen LogP contribution is 2.29. The minimum Gasteiger partial charge on any atom is -0.493 e. The molecule has 0 spiro atoms. The van der Waals surface area contributed by atoms with Crippen molar-refractivity contribution in [2.45, 2.75) is 25.2 Å². The van der Waals surface area contributed by atoms with Crippen molar-refractivity contribution in [3.8, 4) is 11.5 Å². The molecule has 0 amide bonds. The monoisotopic (exact) mass is 325 g/mol. The van der Waals surface area contributed by atoms with Crippen molar-refractivity contribution in [2.24, 2.45) is 0 Å². The maximum absolute atomic E-state index is 5.39. The number of hydrogen-bond donors (Lipinski definition) is 0. The Balaban J connectivity index is 1.50. The SMILES string of the molecule is COc1ccc(CCN2CCC(c3ccccc3)CC2)cc1OC. The van der Waals surface area contributed by atoms with Gasteiger partial charge in [0, 0.05) is 6.54 Å². The van der Waals surface area contributed by atoms with Gasteiger partial charge in [0.25, 0.3) is 0 Å². The lowest BCUT2D eigenvalue weighted by atomic mass is 9.89. The fourth-order valence-electron chi connectivity index (χ4n) is 3.54. The normalized spacial score (nSPS) is 16.1. The molecule has 0 N–H and O–H groups in total. The molecule has 24 heavy (non-hydrogen) atoms. The molecule has 0 atom stereocenters. The molecular weight excluding hydrogens is 298 g/mol. The first-order valence-electron chi connectivity index (χ1n) is 8.78. The number of hydrogen-bond acceptors (Lipinski definition) is 3. The van der Waals surface area contributed by atoms with E-state index in [1.165, 1.54) is 37.1 Å². The molecule has 0 aliphatic carbocycles. The summed E-state index contributed by atoms with van der Waals surface area (Å²) >= 11 is 0. The van der Waals surface area contributed by atoms with Crippen LogP contribution in [-0.4, -0.2) is 38.8 Å². The van der Waals surface area contributed by atoms with Crippen LogP contribution in [0.4, 0.5) is 0 Å². The number of benzene rings is 2. The molecule has 0 saturated carbocycles. The number of rotatable bonds is 6. The molecule has 1 saturated heterocycles. The summed E-state index contributed by atoms with van der Waals surface area (Å²) in [7, 11) is 3.37. The third-order valence-corrected chi connectivity index (χ3v) is 5.02. The van der Waals surface area contributed by atoms with E-state index in [0.29, 0.717) is 0 Å². The standard InChI is InChI=1S/C21H27NO2/c1-23-20-9-8-17(16-21(20)24-2)10-13-22-14-11-19(12-15-22)18-6-4-3-5-7-18/h3-9,16,19H,10-15H2,1-2H3. The summed E-state index contributed by atoms with van der Waals surface area (Å²) in [5.41, 5.74) is 2.80. The second-order valence-electron chi connectivity index (χ2n) is 6.47. The van der Waals surface area contributed by atoms with Gasteiger partial charge in [0.2, 0.25) is 0 Å². The Morgan fingerprint density at radius 3 is 2.29 bits per heavy atom. The highest BCUT2D eigenvalue weighted by molar-refractivity contribution is 5.42. The van der Waals surface area contributed by atoms with Gasteiger partial charge in [0.05, 0.1) is 14.2 Å². The fraction of sp³-hybridized carbons (Fsp3) is 0.429. The van der Waals surface area contributed by atoms with Crippen LogP contribution < -0.4 is 9.47 Å². The molecule has 128 valence electrons. The van der Waals surface area contributed by atoms with Crippen LogP contribution >= 0.6 is 0 Å². The van der Waals surface area contributed by atoms with Gasteiger partial charge in [-0.3, -0.25) is 0 Å². The van der Waals surface area contributed by atoms with E-state index in [1.54, 1.807) is 14.2 Å². The van der Waals surface area contributed by atoms with Gasteiger partial charge >= 0.3 is 0 Å². The maximum Gasteiger partial charge on any atom is 0.160 e. The van der Waals surface area contributed by atoms with E-state index < -0.39 is 0 Å². The van der Waals surface area contributed by atoms with Gasteiger partial charge in [0.1, 0.15) is 0 Å². The first-order valence-corrected chi connectivity index (χ1v) is 8.78. The van der Waals surface area contributed by atoms with Crippen molar-refractivity contribution in [3.63, 3.8) is 0 Å². The van der Waals surface area contributed by atoms with Gasteiger partial charge in [0.15, 0.2) is 11.5 Å². The van der Waals surface area contributed by atoms with Gasteiger partial charge in [-0.15, -0.1) is 0 Å². The van der Waals surface area contributed by atoms with Crippen LogP contribution in [0.3, 0.4) is 0 Å². The molecule has 3 rings (SSSR count). The van der Waals surface area contributed by atoms with E-state index in [1.807, 2.05) is 6.07 Å². The van der Waals surface area contributed by atoms with E-state index in [-0.39, 0.29) is 0 Å². The van der Waals surface area contributed by atoms with Crippen molar-refractivity contribution in [1.29, 1.82) is 0 Å². The fourth-order valence-corrected chi connectivity index (χ4v) is 3.54. The Morgan fingerprint density at radius 1 is 0.917 bits per heavy atom. The molecular formula is C21H27NO2. The predicted molar refractivity (Wildman–Crippen MR) is 98.1 cm³/mol. The Morgan fingerprint density at radius 2 is 1.62 bits per heavy atom. The summed E-state index contributed by atoms with van der Waals surface area (Å²) in [4.78, 5) is 2.58.